The fraction of sp³-hybridized carbons (Fsp3) is 0.214. The largest absolute Gasteiger partial charge is 0.489 e. The summed E-state index contributed by atoms with van der Waals surface area (Å²) in [7, 11) is 1.40. The molecule has 0 amide bonds. The summed E-state index contributed by atoms with van der Waals surface area (Å²) >= 11 is 0. The summed E-state index contributed by atoms with van der Waals surface area (Å²) in [4.78, 5) is 28.8. The minimum absolute atomic E-state index is 0.122. The summed E-state index contributed by atoms with van der Waals surface area (Å²) in [6, 6.07) is 6.70. The molecule has 0 aliphatic heterocycles. The number of hydrogen-bond donors (Lipinski definition) is 3. The maximum atomic E-state index is 11.5. The molecule has 1 aromatic carbocycles. The van der Waals surface area contributed by atoms with Crippen molar-refractivity contribution in [1.82, 2.24) is 9.97 Å². The van der Waals surface area contributed by atoms with Gasteiger partial charge in [-0.05, 0) is 24.1 Å². The van der Waals surface area contributed by atoms with E-state index in [-0.39, 0.29) is 16.9 Å². The zero-order valence-electron chi connectivity index (χ0n) is 11.4. The van der Waals surface area contributed by atoms with Gasteiger partial charge >= 0.3 is 5.97 Å². The highest BCUT2D eigenvalue weighted by molar-refractivity contribution is 5.87. The maximum Gasteiger partial charge on any atom is 0.335 e. The number of H-pyrrole nitrogens is 1. The Hall–Kier alpha value is -2.83. The molecule has 0 saturated carbocycles. The van der Waals surface area contributed by atoms with E-state index in [0.29, 0.717) is 18.8 Å². The third kappa shape index (κ3) is 3.59. The fourth-order valence-corrected chi connectivity index (χ4v) is 1.89. The predicted molar refractivity (Wildman–Crippen MR) is 77.0 cm³/mol. The molecule has 0 radical (unpaired) electrons. The van der Waals surface area contributed by atoms with Gasteiger partial charge in [-0.1, -0.05) is 12.1 Å². The number of benzene rings is 1. The average Bonchev–Trinajstić information content (AvgIpc) is 2.48. The minimum atomic E-state index is -0.956. The first-order valence-electron chi connectivity index (χ1n) is 6.29. The molecule has 110 valence electrons. The predicted octanol–water partition coefficient (Wildman–Crippen LogP) is 1.13. The smallest absolute Gasteiger partial charge is 0.335 e. The zero-order valence-corrected chi connectivity index (χ0v) is 11.4. The van der Waals surface area contributed by atoms with Gasteiger partial charge in [-0.2, -0.15) is 0 Å². The topological polar surface area (TPSA) is 104 Å². The van der Waals surface area contributed by atoms with Crippen molar-refractivity contribution in [2.24, 2.45) is 0 Å². The van der Waals surface area contributed by atoms with E-state index in [0.717, 1.165) is 5.56 Å². The van der Waals surface area contributed by atoms with E-state index < -0.39 is 5.97 Å². The number of nitrogens with one attached hydrogen (secondary N) is 2. The van der Waals surface area contributed by atoms with E-state index in [2.05, 4.69) is 15.3 Å². The second kappa shape index (κ2) is 6.56. The van der Waals surface area contributed by atoms with Crippen molar-refractivity contribution in [3.8, 4) is 5.75 Å². The second-order valence-corrected chi connectivity index (χ2v) is 4.30. The first kappa shape index (κ1) is 14.6. The Balaban J connectivity index is 2.02. The van der Waals surface area contributed by atoms with Crippen LogP contribution in [0.5, 0.6) is 5.75 Å². The van der Waals surface area contributed by atoms with Crippen LogP contribution in [-0.2, 0) is 6.42 Å². The summed E-state index contributed by atoms with van der Waals surface area (Å²) in [6.45, 7) is 0.496. The highest BCUT2D eigenvalue weighted by Gasteiger charge is 2.08. The Morgan fingerprint density at radius 2 is 2.29 bits per heavy atom. The normalized spacial score (nSPS) is 10.1. The van der Waals surface area contributed by atoms with Crippen LogP contribution in [0.25, 0.3) is 0 Å². The molecular formula is C14H15N3O4. The van der Waals surface area contributed by atoms with Crippen LogP contribution in [0.1, 0.15) is 15.9 Å². The first-order chi connectivity index (χ1) is 10.1. The molecular weight excluding hydrogens is 274 g/mol. The molecule has 7 heteroatoms. The van der Waals surface area contributed by atoms with E-state index in [1.807, 2.05) is 6.07 Å². The molecule has 0 fully saturated rings. The van der Waals surface area contributed by atoms with Crippen LogP contribution in [0.2, 0.25) is 0 Å². The lowest BCUT2D eigenvalue weighted by Gasteiger charge is -2.09. The van der Waals surface area contributed by atoms with Gasteiger partial charge in [0.05, 0.1) is 19.0 Å². The highest BCUT2D eigenvalue weighted by atomic mass is 16.5. The van der Waals surface area contributed by atoms with Gasteiger partial charge in [0.2, 0.25) is 5.75 Å². The molecule has 1 aromatic heterocycles. The Morgan fingerprint density at radius 1 is 1.48 bits per heavy atom. The van der Waals surface area contributed by atoms with Crippen LogP contribution < -0.4 is 15.6 Å². The van der Waals surface area contributed by atoms with Crippen LogP contribution in [-0.4, -0.2) is 34.7 Å². The number of aromatic nitrogens is 2. The molecule has 21 heavy (non-hydrogen) atoms. The minimum Gasteiger partial charge on any atom is -0.489 e. The molecule has 0 bridgehead atoms. The Bertz CT molecular complexity index is 697. The molecule has 0 aliphatic carbocycles. The van der Waals surface area contributed by atoms with Gasteiger partial charge in [0, 0.05) is 6.54 Å². The molecule has 2 rings (SSSR count). The number of hydrogen-bond acceptors (Lipinski definition) is 5. The van der Waals surface area contributed by atoms with Crippen LogP contribution in [0.4, 0.5) is 5.82 Å². The summed E-state index contributed by atoms with van der Waals surface area (Å²) in [5.74, 6) is -0.477. The molecule has 7 nitrogen and oxygen atoms in total. The van der Waals surface area contributed by atoms with Gasteiger partial charge in [0.1, 0.15) is 0 Å². The monoisotopic (exact) mass is 289 g/mol. The van der Waals surface area contributed by atoms with E-state index >= 15 is 0 Å². The maximum absolute atomic E-state index is 11.5. The van der Waals surface area contributed by atoms with Crippen LogP contribution in [0.15, 0.2) is 35.4 Å². The van der Waals surface area contributed by atoms with Gasteiger partial charge in [0.25, 0.3) is 5.56 Å². The van der Waals surface area contributed by atoms with E-state index in [1.165, 1.54) is 13.4 Å². The zero-order chi connectivity index (χ0) is 15.2. The number of ether oxygens (including phenoxy) is 1. The lowest BCUT2D eigenvalue weighted by Crippen LogP contribution is -2.15. The fourth-order valence-electron chi connectivity index (χ4n) is 1.89. The average molecular weight is 289 g/mol. The van der Waals surface area contributed by atoms with Crippen molar-refractivity contribution < 1.29 is 14.6 Å². The highest BCUT2D eigenvalue weighted by Crippen LogP contribution is 2.14. The van der Waals surface area contributed by atoms with Crippen LogP contribution >= 0.6 is 0 Å². The van der Waals surface area contributed by atoms with Gasteiger partial charge in [-0.15, -0.1) is 0 Å². The van der Waals surface area contributed by atoms with Crippen molar-refractivity contribution in [1.29, 1.82) is 0 Å². The molecule has 0 saturated heterocycles. The van der Waals surface area contributed by atoms with Crippen LogP contribution in [0, 0.1) is 0 Å². The number of carbonyl (C=O) groups is 1. The van der Waals surface area contributed by atoms with Gasteiger partial charge < -0.3 is 20.1 Å². The molecule has 3 N–H and O–H groups in total. The Kier molecular flexibility index (Phi) is 4.55. The van der Waals surface area contributed by atoms with Gasteiger partial charge in [0.15, 0.2) is 5.82 Å². The quantitative estimate of drug-likeness (QED) is 0.736. The first-order valence-corrected chi connectivity index (χ1v) is 6.29. The number of methoxy groups -OCH3 is 1. The lowest BCUT2D eigenvalue weighted by molar-refractivity contribution is 0.0696. The molecule has 0 atom stereocenters. The number of nitrogens with zero attached hydrogens (tertiary/aromatic N) is 1. The number of carboxylic acid groups (broad SMARTS) is 1. The third-order valence-electron chi connectivity index (χ3n) is 2.89. The lowest BCUT2D eigenvalue weighted by atomic mass is 10.1. The molecule has 0 unspecified atom stereocenters. The van der Waals surface area contributed by atoms with Crippen molar-refractivity contribution in [3.63, 3.8) is 0 Å². The molecule has 2 aromatic rings. The van der Waals surface area contributed by atoms with Crippen LogP contribution in [0.3, 0.4) is 0 Å². The van der Waals surface area contributed by atoms with Crippen molar-refractivity contribution in [2.45, 2.75) is 6.42 Å². The number of anilines is 1. The van der Waals surface area contributed by atoms with E-state index in [4.69, 9.17) is 9.84 Å². The van der Waals surface area contributed by atoms with E-state index in [9.17, 15) is 9.59 Å². The number of carboxylic acids is 1. The summed E-state index contributed by atoms with van der Waals surface area (Å²) in [5, 5.41) is 11.9. The summed E-state index contributed by atoms with van der Waals surface area (Å²) in [6.07, 6.45) is 1.89. The number of rotatable bonds is 6. The Morgan fingerprint density at radius 3 is 3.00 bits per heavy atom. The summed E-state index contributed by atoms with van der Waals surface area (Å²) in [5.41, 5.74) is 0.772. The van der Waals surface area contributed by atoms with Crippen molar-refractivity contribution >= 4 is 11.8 Å². The van der Waals surface area contributed by atoms with Crippen molar-refractivity contribution in [2.75, 3.05) is 19.0 Å². The van der Waals surface area contributed by atoms with Crippen molar-refractivity contribution in [3.05, 3.63) is 52.1 Å². The summed E-state index contributed by atoms with van der Waals surface area (Å²) < 4.78 is 4.98. The SMILES string of the molecule is COc1c(NCCc2cccc(C(=O)O)c2)nc[nH]c1=O. The standard InChI is InChI=1S/C14H15N3O4/c1-21-11-12(16-8-17-13(11)18)15-6-5-9-3-2-4-10(7-9)14(19)20/h2-4,7-8H,5-6H2,1H3,(H,19,20)(H2,15,16,17,18). The second-order valence-electron chi connectivity index (χ2n) is 4.30. The molecule has 1 heterocycles. The van der Waals surface area contributed by atoms with Gasteiger partial charge in [-0.3, -0.25) is 4.79 Å². The molecule has 0 aliphatic rings. The van der Waals surface area contributed by atoms with E-state index in [1.54, 1.807) is 18.2 Å². The number of aromatic carboxylic acids is 1. The number of aromatic amines is 1. The third-order valence-corrected chi connectivity index (χ3v) is 2.89. The molecule has 0 spiro atoms. The van der Waals surface area contributed by atoms with Gasteiger partial charge in [-0.25, -0.2) is 9.78 Å². The Labute approximate surface area is 120 Å².